The molecular weight excluding hydrogens is 608 g/mol. The number of carboxylic acid groups (broad SMARTS) is 1. The van der Waals surface area contributed by atoms with Gasteiger partial charge in [0.15, 0.2) is 0 Å². The number of likely N-dealkylation sites (tertiary alicyclic amines) is 1. The molecule has 3 aromatic carbocycles. The number of rotatable bonds is 7. The van der Waals surface area contributed by atoms with Crippen LogP contribution in [0.3, 0.4) is 0 Å². The van der Waals surface area contributed by atoms with Crippen LogP contribution in [-0.4, -0.2) is 96.1 Å². The Morgan fingerprint density at radius 2 is 1.93 bits per heavy atom. The zero-order valence-electron chi connectivity index (χ0n) is 25.5. The third kappa shape index (κ3) is 5.32. The smallest absolute Gasteiger partial charge is 0.407 e. The summed E-state index contributed by atoms with van der Waals surface area (Å²) in [4.78, 5) is 27.4. The van der Waals surface area contributed by atoms with Crippen molar-refractivity contribution in [2.24, 2.45) is 0 Å². The summed E-state index contributed by atoms with van der Waals surface area (Å²) in [5.41, 5.74) is 3.08. The van der Waals surface area contributed by atoms with Gasteiger partial charge in [0.25, 0.3) is 0 Å². The Kier molecular flexibility index (Phi) is 8.02. The first kappa shape index (κ1) is 30.0. The highest BCUT2D eigenvalue weighted by atomic mass is 35.5. The van der Waals surface area contributed by atoms with Crippen molar-refractivity contribution >= 4 is 56.2 Å². The van der Waals surface area contributed by atoms with Gasteiger partial charge in [-0.15, -0.1) is 0 Å². The molecule has 5 aromatic rings. The van der Waals surface area contributed by atoms with Crippen LogP contribution in [0.2, 0.25) is 5.02 Å². The number of nitrogens with zero attached hydrogens (tertiary/aromatic N) is 6. The van der Waals surface area contributed by atoms with E-state index < -0.39 is 12.1 Å². The van der Waals surface area contributed by atoms with Crippen molar-refractivity contribution in [3.63, 3.8) is 0 Å². The largest absolute Gasteiger partial charge is 0.465 e. The zero-order valence-corrected chi connectivity index (χ0v) is 26.3. The summed E-state index contributed by atoms with van der Waals surface area (Å²) < 4.78 is 18.0. The number of benzene rings is 3. The van der Waals surface area contributed by atoms with Crippen LogP contribution >= 0.6 is 11.6 Å². The maximum absolute atomic E-state index is 12.0. The van der Waals surface area contributed by atoms with E-state index >= 15 is 0 Å². The number of hydrogen-bond acceptors (Lipinski definition) is 9. The fraction of sp³-hybridized carbons (Fsp3) is 0.353. The van der Waals surface area contributed by atoms with Crippen LogP contribution in [0, 0.1) is 11.3 Å². The third-order valence-electron chi connectivity index (χ3n) is 9.25. The van der Waals surface area contributed by atoms with Gasteiger partial charge in [0, 0.05) is 55.1 Å². The minimum Gasteiger partial charge on any atom is -0.465 e. The number of piperazine rings is 1. The Morgan fingerprint density at radius 3 is 2.70 bits per heavy atom. The number of aromatic nitrogens is 2. The lowest BCUT2D eigenvalue weighted by Gasteiger charge is -2.39. The zero-order chi connectivity index (χ0) is 31.9. The molecule has 2 fully saturated rings. The number of halogens is 1. The van der Waals surface area contributed by atoms with Gasteiger partial charge in [-0.25, -0.2) is 4.79 Å². The van der Waals surface area contributed by atoms with Crippen LogP contribution in [0.5, 0.6) is 6.01 Å². The Hall–Kier alpha value is -4.63. The van der Waals surface area contributed by atoms with E-state index in [-0.39, 0.29) is 37.7 Å². The topological polar surface area (TPSA) is 128 Å². The van der Waals surface area contributed by atoms with Crippen molar-refractivity contribution in [3.8, 4) is 23.2 Å². The van der Waals surface area contributed by atoms with Crippen molar-refractivity contribution in [2.75, 3.05) is 51.8 Å². The lowest BCUT2D eigenvalue weighted by Crippen LogP contribution is -2.55. The molecule has 4 heterocycles. The summed E-state index contributed by atoms with van der Waals surface area (Å²) in [6, 6.07) is 17.9. The van der Waals surface area contributed by atoms with E-state index in [1.54, 1.807) is 13.4 Å². The summed E-state index contributed by atoms with van der Waals surface area (Å²) in [6.45, 7) is 2.08. The number of methoxy groups -OCH3 is 1. The number of furan rings is 1. The first-order valence-electron chi connectivity index (χ1n) is 15.2. The molecule has 0 saturated carbocycles. The maximum atomic E-state index is 12.0. The fourth-order valence-corrected chi connectivity index (χ4v) is 7.16. The number of nitriles is 1. The van der Waals surface area contributed by atoms with E-state index in [4.69, 9.17) is 35.5 Å². The minimum absolute atomic E-state index is 0.0615. The summed E-state index contributed by atoms with van der Waals surface area (Å²) in [5, 5.41) is 23.5. The molecule has 12 heteroatoms. The van der Waals surface area contributed by atoms with Crippen LogP contribution in [0.1, 0.15) is 12.8 Å². The molecule has 46 heavy (non-hydrogen) atoms. The maximum Gasteiger partial charge on any atom is 0.407 e. The van der Waals surface area contributed by atoms with Crippen LogP contribution < -0.4 is 9.64 Å². The number of carbonyl (C=O) groups is 1. The number of amides is 1. The Labute approximate surface area is 270 Å². The van der Waals surface area contributed by atoms with Crippen LogP contribution in [-0.2, 0) is 4.74 Å². The molecular formula is C34H33ClN6O5. The summed E-state index contributed by atoms with van der Waals surface area (Å²) in [5.74, 6) is 0.574. The van der Waals surface area contributed by atoms with Gasteiger partial charge in [-0.2, -0.15) is 15.2 Å². The number of likely N-dealkylation sites (N-methyl/N-ethyl adjacent to an activating group) is 1. The molecule has 0 radical (unpaired) electrons. The molecule has 1 N–H and O–H groups in total. The molecule has 2 aromatic heterocycles. The standard InChI is InChI=1S/C34H33ClN6O5/c1-39-18-23(44-2)15-22(39)19-46-33-37-28-16-26(24-7-3-5-20-6-4-8-27(35)29(20)24)25-10-14-45-31(25)30(28)32(38-33)40-12-13-41(34(42)43)21(17-40)9-11-36/h3-8,10,14,16,21-23H,9,12-13,15,17-19H2,1-2H3,(H,42,43)/t21-,22-,23+/m0/s1. The van der Waals surface area contributed by atoms with Crippen LogP contribution in [0.4, 0.5) is 10.6 Å². The molecule has 2 aliphatic rings. The quantitative estimate of drug-likeness (QED) is 0.225. The second-order valence-corrected chi connectivity index (χ2v) is 12.3. The molecule has 11 nitrogen and oxygen atoms in total. The summed E-state index contributed by atoms with van der Waals surface area (Å²) in [6.07, 6.45) is 1.64. The molecule has 2 saturated heterocycles. The van der Waals surface area contributed by atoms with Gasteiger partial charge in [-0.3, -0.25) is 4.90 Å². The average Bonchev–Trinajstić information content (AvgIpc) is 3.69. The molecule has 3 atom stereocenters. The minimum atomic E-state index is -1.04. The summed E-state index contributed by atoms with van der Waals surface area (Å²) >= 11 is 6.76. The second-order valence-electron chi connectivity index (χ2n) is 11.9. The Morgan fingerprint density at radius 1 is 1.11 bits per heavy atom. The number of ether oxygens (including phenoxy) is 2. The van der Waals surface area contributed by atoms with Crippen molar-refractivity contribution in [2.45, 2.75) is 31.0 Å². The SMILES string of the molecule is CO[C@@H]1C[C@@H](COc2nc(N3CCN(C(=O)O)[C@@H](CC#N)C3)c3c(cc(-c4cccc5cccc(Cl)c45)c4ccoc43)n2)N(C)C1. The highest BCUT2D eigenvalue weighted by Crippen LogP contribution is 2.43. The fourth-order valence-electron chi connectivity index (χ4n) is 6.88. The van der Waals surface area contributed by atoms with Crippen LogP contribution in [0.25, 0.3) is 43.8 Å². The Bertz CT molecular complexity index is 1990. The van der Waals surface area contributed by atoms with Crippen molar-refractivity contribution < 1.29 is 23.8 Å². The van der Waals surface area contributed by atoms with Crippen molar-refractivity contribution in [3.05, 3.63) is 59.8 Å². The van der Waals surface area contributed by atoms with E-state index in [0.29, 0.717) is 40.5 Å². The summed E-state index contributed by atoms with van der Waals surface area (Å²) in [7, 11) is 3.77. The molecule has 1 amide bonds. The van der Waals surface area contributed by atoms with E-state index in [1.807, 2.05) is 60.5 Å². The van der Waals surface area contributed by atoms with E-state index in [9.17, 15) is 15.2 Å². The predicted molar refractivity (Wildman–Crippen MR) is 176 cm³/mol. The third-order valence-corrected chi connectivity index (χ3v) is 9.56. The molecule has 0 bridgehead atoms. The molecule has 0 spiro atoms. The van der Waals surface area contributed by atoms with Gasteiger partial charge >= 0.3 is 12.1 Å². The normalized spacial score (nSPS) is 20.5. The van der Waals surface area contributed by atoms with Crippen molar-refractivity contribution in [1.29, 1.82) is 5.26 Å². The predicted octanol–water partition coefficient (Wildman–Crippen LogP) is 6.03. The highest BCUT2D eigenvalue weighted by molar-refractivity contribution is 6.37. The number of fused-ring (bicyclic) bond motifs is 4. The van der Waals surface area contributed by atoms with Gasteiger partial charge in [-0.05, 0) is 48.2 Å². The van der Waals surface area contributed by atoms with Crippen molar-refractivity contribution in [1.82, 2.24) is 19.8 Å². The number of hydrogen-bond donors (Lipinski definition) is 1. The lowest BCUT2D eigenvalue weighted by atomic mass is 9.94. The molecule has 7 rings (SSSR count). The lowest BCUT2D eigenvalue weighted by molar-refractivity contribution is 0.111. The van der Waals surface area contributed by atoms with E-state index in [2.05, 4.69) is 11.0 Å². The second kappa shape index (κ2) is 12.3. The first-order valence-corrected chi connectivity index (χ1v) is 15.6. The van der Waals surface area contributed by atoms with Gasteiger partial charge in [0.1, 0.15) is 18.0 Å². The molecule has 236 valence electrons. The van der Waals surface area contributed by atoms with E-state index in [0.717, 1.165) is 40.3 Å². The highest BCUT2D eigenvalue weighted by Gasteiger charge is 2.34. The van der Waals surface area contributed by atoms with Gasteiger partial charge in [-0.1, -0.05) is 41.9 Å². The molecule has 0 unspecified atom stereocenters. The molecule has 2 aliphatic heterocycles. The average molecular weight is 641 g/mol. The Balaban J connectivity index is 1.38. The van der Waals surface area contributed by atoms with Gasteiger partial charge in [0.2, 0.25) is 0 Å². The number of anilines is 1. The van der Waals surface area contributed by atoms with Gasteiger partial charge < -0.3 is 28.8 Å². The van der Waals surface area contributed by atoms with E-state index in [1.165, 1.54) is 4.90 Å². The van der Waals surface area contributed by atoms with Gasteiger partial charge in [0.05, 0.1) is 41.8 Å². The molecule has 0 aliphatic carbocycles. The van der Waals surface area contributed by atoms with Crippen LogP contribution in [0.15, 0.2) is 59.2 Å². The monoisotopic (exact) mass is 640 g/mol. The first-order chi connectivity index (χ1) is 22.4.